The minimum atomic E-state index is 0. The van der Waals surface area contributed by atoms with E-state index in [1.54, 1.807) is 4.90 Å². The zero-order valence-corrected chi connectivity index (χ0v) is 16.5. The molecule has 1 aromatic heterocycles. The number of nitrogens with zero attached hydrogens (tertiary/aromatic N) is 2. The number of fused-ring (bicyclic) bond motifs is 2. The Hall–Kier alpha value is -0.980. The number of hydrogen-bond donors (Lipinski definition) is 2. The van der Waals surface area contributed by atoms with Crippen LogP contribution in [0.5, 0.6) is 0 Å². The second kappa shape index (κ2) is 9.64. The minimum absolute atomic E-state index is 0. The predicted octanol–water partition coefficient (Wildman–Crippen LogP) is -5.46. The highest BCUT2D eigenvalue weighted by atomic mass is 35.5. The monoisotopic (exact) mass is 398 g/mol. The Kier molecular flexibility index (Phi) is 7.84. The van der Waals surface area contributed by atoms with Gasteiger partial charge in [-0.15, -0.1) is 0 Å². The van der Waals surface area contributed by atoms with Gasteiger partial charge < -0.3 is 39.9 Å². The van der Waals surface area contributed by atoms with E-state index in [1.165, 1.54) is 54.6 Å². The summed E-state index contributed by atoms with van der Waals surface area (Å²) in [5.41, 5.74) is 1.31. The number of halogens is 2. The van der Waals surface area contributed by atoms with Crippen molar-refractivity contribution < 1.29 is 35.0 Å². The summed E-state index contributed by atoms with van der Waals surface area (Å²) >= 11 is 1.83. The van der Waals surface area contributed by atoms with Crippen LogP contribution >= 0.6 is 11.8 Å². The molecule has 2 aliphatic rings. The van der Waals surface area contributed by atoms with Crippen LogP contribution in [0.2, 0.25) is 0 Å². The van der Waals surface area contributed by atoms with Crippen LogP contribution < -0.4 is 39.9 Å². The van der Waals surface area contributed by atoms with Crippen LogP contribution in [-0.4, -0.2) is 44.3 Å². The third-order valence-corrected chi connectivity index (χ3v) is 5.80. The lowest BCUT2D eigenvalue weighted by Gasteiger charge is -2.32. The molecular weight excluding hydrogens is 375 g/mol. The molecule has 0 radical (unpaired) electrons. The van der Waals surface area contributed by atoms with Gasteiger partial charge in [0.15, 0.2) is 0 Å². The van der Waals surface area contributed by atoms with Crippen molar-refractivity contribution in [3.63, 3.8) is 0 Å². The van der Waals surface area contributed by atoms with Gasteiger partial charge in [-0.05, 0) is 24.3 Å². The first kappa shape index (κ1) is 20.3. The maximum Gasteiger partial charge on any atom is 0.147 e. The minimum Gasteiger partial charge on any atom is -1.00 e. The number of nitrogens with one attached hydrogen (secondary N) is 1. The van der Waals surface area contributed by atoms with Gasteiger partial charge in [0.2, 0.25) is 0 Å². The highest BCUT2D eigenvalue weighted by Gasteiger charge is 2.24. The molecule has 3 N–H and O–H groups in total. The summed E-state index contributed by atoms with van der Waals surface area (Å²) in [6.45, 7) is 7.49. The standard InChI is InChI=1S/C18H22N4S.2ClH/c1-2-6-16-15(5-1)22(18-17(23-16)7-3-8-20-18)12-4-11-21-13-9-19-10-14-21;;/h1-3,5-8,19H,4,9-14H2;2*1H. The molecule has 136 valence electrons. The van der Waals surface area contributed by atoms with Gasteiger partial charge >= 0.3 is 0 Å². The largest absolute Gasteiger partial charge is 1.00 e. The Morgan fingerprint density at radius 2 is 1.80 bits per heavy atom. The third-order valence-electron chi connectivity index (χ3n) is 4.70. The van der Waals surface area contributed by atoms with Gasteiger partial charge in [0.1, 0.15) is 32.0 Å². The smallest absolute Gasteiger partial charge is 0.147 e. The molecule has 4 rings (SSSR count). The lowest BCUT2D eigenvalue weighted by Crippen LogP contribution is -3.20. The SMILES string of the molecule is [Cl-].[Cl-].c1ccc2c(c1)Sc1cccnc1N2CCC[NH+]1CC[NH2+]CC1. The molecular formula is C18H24Cl2N4S. The van der Waals surface area contributed by atoms with E-state index in [1.807, 2.05) is 24.0 Å². The number of nitrogens with two attached hydrogens (primary N) is 1. The lowest BCUT2D eigenvalue weighted by atomic mass is 10.2. The van der Waals surface area contributed by atoms with Crippen LogP contribution in [0.15, 0.2) is 52.4 Å². The quantitative estimate of drug-likeness (QED) is 0.539. The number of pyridine rings is 1. The average molecular weight is 399 g/mol. The number of para-hydroxylation sites is 1. The zero-order valence-electron chi connectivity index (χ0n) is 14.1. The van der Waals surface area contributed by atoms with E-state index in [0.29, 0.717) is 0 Å². The summed E-state index contributed by atoms with van der Waals surface area (Å²) in [7, 11) is 0. The molecule has 3 heterocycles. The van der Waals surface area contributed by atoms with Crippen LogP contribution in [0.3, 0.4) is 0 Å². The molecule has 2 aliphatic heterocycles. The van der Waals surface area contributed by atoms with E-state index in [2.05, 4.69) is 45.5 Å². The van der Waals surface area contributed by atoms with Crippen molar-refractivity contribution >= 4 is 23.3 Å². The molecule has 4 nitrogen and oxygen atoms in total. The first-order valence-corrected chi connectivity index (χ1v) is 9.38. The molecule has 1 fully saturated rings. The number of hydrogen-bond acceptors (Lipinski definition) is 3. The molecule has 0 unspecified atom stereocenters. The van der Waals surface area contributed by atoms with Crippen LogP contribution in [0.25, 0.3) is 0 Å². The summed E-state index contributed by atoms with van der Waals surface area (Å²) in [6, 6.07) is 12.9. The van der Waals surface area contributed by atoms with E-state index in [4.69, 9.17) is 0 Å². The highest BCUT2D eigenvalue weighted by molar-refractivity contribution is 7.99. The van der Waals surface area contributed by atoms with Crippen LogP contribution in [0.4, 0.5) is 11.5 Å². The van der Waals surface area contributed by atoms with Gasteiger partial charge in [0.25, 0.3) is 0 Å². The predicted molar refractivity (Wildman–Crippen MR) is 93.6 cm³/mol. The van der Waals surface area contributed by atoms with Gasteiger partial charge in [0.05, 0.1) is 17.1 Å². The number of rotatable bonds is 4. The molecule has 7 heteroatoms. The van der Waals surface area contributed by atoms with E-state index in [-0.39, 0.29) is 24.8 Å². The average Bonchev–Trinajstić information content (AvgIpc) is 2.62. The van der Waals surface area contributed by atoms with Crippen molar-refractivity contribution in [2.45, 2.75) is 16.2 Å². The van der Waals surface area contributed by atoms with Crippen LogP contribution in [0.1, 0.15) is 6.42 Å². The van der Waals surface area contributed by atoms with E-state index in [9.17, 15) is 0 Å². The molecule has 0 amide bonds. The highest BCUT2D eigenvalue weighted by Crippen LogP contribution is 2.46. The lowest BCUT2D eigenvalue weighted by molar-refractivity contribution is -0.946. The molecule has 2 aromatic rings. The number of quaternary nitrogens is 2. The molecule has 0 bridgehead atoms. The zero-order chi connectivity index (χ0) is 15.5. The summed E-state index contributed by atoms with van der Waals surface area (Å²) < 4.78 is 0. The summed E-state index contributed by atoms with van der Waals surface area (Å²) in [5.74, 6) is 1.12. The second-order valence-electron chi connectivity index (χ2n) is 6.27. The van der Waals surface area contributed by atoms with Crippen LogP contribution in [-0.2, 0) is 0 Å². The number of piperazine rings is 1. The van der Waals surface area contributed by atoms with E-state index < -0.39 is 0 Å². The Balaban J connectivity index is 0.00000113. The van der Waals surface area contributed by atoms with E-state index in [0.717, 1.165) is 12.4 Å². The molecule has 25 heavy (non-hydrogen) atoms. The van der Waals surface area contributed by atoms with Crippen molar-refractivity contribution in [2.24, 2.45) is 0 Å². The Morgan fingerprint density at radius 3 is 2.64 bits per heavy atom. The van der Waals surface area contributed by atoms with Gasteiger partial charge in [-0.2, -0.15) is 0 Å². The molecule has 0 spiro atoms. The first-order valence-electron chi connectivity index (χ1n) is 8.56. The first-order chi connectivity index (χ1) is 11.4. The van der Waals surface area contributed by atoms with Crippen LogP contribution in [0, 0.1) is 0 Å². The normalized spacial score (nSPS) is 16.2. The third kappa shape index (κ3) is 4.60. The maximum atomic E-state index is 4.66. The van der Waals surface area contributed by atoms with E-state index >= 15 is 0 Å². The molecule has 0 atom stereocenters. The summed E-state index contributed by atoms with van der Waals surface area (Å²) in [6.07, 6.45) is 3.12. The molecule has 1 saturated heterocycles. The van der Waals surface area contributed by atoms with Crippen molar-refractivity contribution in [1.29, 1.82) is 0 Å². The van der Waals surface area contributed by atoms with Gasteiger partial charge in [-0.25, -0.2) is 4.98 Å². The number of aromatic nitrogens is 1. The van der Waals surface area contributed by atoms with Crippen molar-refractivity contribution in [1.82, 2.24) is 4.98 Å². The molecule has 0 aliphatic carbocycles. The van der Waals surface area contributed by atoms with Gasteiger partial charge in [0, 0.05) is 24.1 Å². The van der Waals surface area contributed by atoms with Gasteiger partial charge in [-0.1, -0.05) is 23.9 Å². The van der Waals surface area contributed by atoms with Crippen molar-refractivity contribution in [3.05, 3.63) is 42.6 Å². The second-order valence-corrected chi connectivity index (χ2v) is 7.35. The fourth-order valence-electron chi connectivity index (χ4n) is 3.51. The molecule has 1 aromatic carbocycles. The van der Waals surface area contributed by atoms with Crippen molar-refractivity contribution in [2.75, 3.05) is 44.2 Å². The fourth-order valence-corrected chi connectivity index (χ4v) is 4.58. The maximum absolute atomic E-state index is 4.66. The fraction of sp³-hybridized carbons (Fsp3) is 0.389. The summed E-state index contributed by atoms with van der Waals surface area (Å²) in [5, 5.41) is 2.43. The molecule has 0 saturated carbocycles. The summed E-state index contributed by atoms with van der Waals surface area (Å²) in [4.78, 5) is 11.4. The topological polar surface area (TPSA) is 37.2 Å². The Morgan fingerprint density at radius 1 is 1.04 bits per heavy atom. The Bertz CT molecular complexity index is 634. The Labute approximate surface area is 166 Å². The number of anilines is 2. The van der Waals surface area contributed by atoms with Gasteiger partial charge in [-0.3, -0.25) is 0 Å². The number of benzene rings is 1. The van der Waals surface area contributed by atoms with Crippen molar-refractivity contribution in [3.8, 4) is 0 Å².